The molecule has 0 aliphatic carbocycles. The van der Waals surface area contributed by atoms with Crippen LogP contribution in [-0.2, 0) is 12.3 Å². The Hall–Kier alpha value is -2.27. The number of benzene rings is 2. The fraction of sp³-hybridized carbons (Fsp3) is 0.364. The minimum Gasteiger partial charge on any atom is -0.372 e. The van der Waals surface area contributed by atoms with Gasteiger partial charge in [0.2, 0.25) is 0 Å². The largest absolute Gasteiger partial charge is 0.372 e. The number of aryl methyl sites for hydroxylation is 1. The molecule has 0 fully saturated rings. The molecule has 0 aliphatic rings. The van der Waals surface area contributed by atoms with Gasteiger partial charge in [0.25, 0.3) is 0 Å². The van der Waals surface area contributed by atoms with E-state index in [2.05, 4.69) is 95.9 Å². The third-order valence-electron chi connectivity index (χ3n) is 4.91. The van der Waals surface area contributed by atoms with Crippen LogP contribution < -0.4 is 4.90 Å². The third-order valence-corrected chi connectivity index (χ3v) is 5.92. The summed E-state index contributed by atoms with van der Waals surface area (Å²) >= 11 is 1.75. The molecule has 3 aromatic rings. The lowest BCUT2D eigenvalue weighted by molar-refractivity contribution is 0.687. The van der Waals surface area contributed by atoms with Gasteiger partial charge in [-0.3, -0.25) is 0 Å². The summed E-state index contributed by atoms with van der Waals surface area (Å²) in [4.78, 5) is 2.35. The first kappa shape index (κ1) is 19.5. The van der Waals surface area contributed by atoms with Gasteiger partial charge in [0.1, 0.15) is 0 Å². The highest BCUT2D eigenvalue weighted by molar-refractivity contribution is 7.98. The lowest BCUT2D eigenvalue weighted by Gasteiger charge is -2.21. The average molecular weight is 381 g/mol. The number of hydrogen-bond acceptors (Lipinski definition) is 4. The van der Waals surface area contributed by atoms with E-state index in [0.29, 0.717) is 0 Å². The molecule has 142 valence electrons. The Balaban J connectivity index is 1.80. The molecule has 2 aromatic carbocycles. The van der Waals surface area contributed by atoms with Crippen LogP contribution in [-0.4, -0.2) is 27.9 Å². The number of thioether (sulfide) groups is 1. The van der Waals surface area contributed by atoms with Gasteiger partial charge in [-0.1, -0.05) is 36.0 Å². The SMILES string of the molecule is CCN(CC)c1ccc(-c2nnc(SCc3ccccc3C)n2CC)cc1. The first-order valence-corrected chi connectivity index (χ1v) is 10.6. The second-order valence-corrected chi connectivity index (χ2v) is 7.43. The molecule has 0 aliphatic heterocycles. The molecule has 0 bridgehead atoms. The molecule has 0 saturated heterocycles. The van der Waals surface area contributed by atoms with E-state index in [1.54, 1.807) is 11.8 Å². The summed E-state index contributed by atoms with van der Waals surface area (Å²) in [6.07, 6.45) is 0. The lowest BCUT2D eigenvalue weighted by atomic mass is 10.1. The number of rotatable bonds is 8. The highest BCUT2D eigenvalue weighted by atomic mass is 32.2. The summed E-state index contributed by atoms with van der Waals surface area (Å²) in [5.74, 6) is 1.85. The molecule has 3 rings (SSSR count). The van der Waals surface area contributed by atoms with Gasteiger partial charge >= 0.3 is 0 Å². The zero-order valence-electron chi connectivity index (χ0n) is 16.6. The number of hydrogen-bond donors (Lipinski definition) is 0. The van der Waals surface area contributed by atoms with Crippen LogP contribution in [0.2, 0.25) is 0 Å². The van der Waals surface area contributed by atoms with Gasteiger partial charge in [0, 0.05) is 36.6 Å². The molecule has 0 amide bonds. The van der Waals surface area contributed by atoms with Crippen molar-refractivity contribution in [3.8, 4) is 11.4 Å². The standard InChI is InChI=1S/C22H28N4S/c1-5-25(6-2)20-14-12-18(13-15-20)21-23-24-22(26(21)7-3)27-16-19-11-9-8-10-17(19)4/h8-15H,5-7,16H2,1-4H3. The van der Waals surface area contributed by atoms with E-state index in [9.17, 15) is 0 Å². The second kappa shape index (κ2) is 9.09. The maximum atomic E-state index is 4.49. The lowest BCUT2D eigenvalue weighted by Crippen LogP contribution is -2.21. The van der Waals surface area contributed by atoms with Crippen molar-refractivity contribution in [1.82, 2.24) is 14.8 Å². The molecule has 1 aromatic heterocycles. The molecule has 27 heavy (non-hydrogen) atoms. The summed E-state index contributed by atoms with van der Waals surface area (Å²) < 4.78 is 2.20. The Morgan fingerprint density at radius 2 is 1.63 bits per heavy atom. The minimum absolute atomic E-state index is 0.857. The summed E-state index contributed by atoms with van der Waals surface area (Å²) in [5.41, 5.74) is 5.03. The van der Waals surface area contributed by atoms with Crippen molar-refractivity contribution in [3.05, 3.63) is 59.7 Å². The normalized spacial score (nSPS) is 11.0. The molecule has 0 radical (unpaired) electrons. The summed E-state index contributed by atoms with van der Waals surface area (Å²) in [7, 11) is 0. The van der Waals surface area contributed by atoms with Crippen LogP contribution in [0.1, 0.15) is 31.9 Å². The Bertz CT molecular complexity index is 866. The van der Waals surface area contributed by atoms with Gasteiger partial charge < -0.3 is 9.47 Å². The Morgan fingerprint density at radius 3 is 2.26 bits per heavy atom. The maximum absolute atomic E-state index is 4.49. The Morgan fingerprint density at radius 1 is 0.926 bits per heavy atom. The van der Waals surface area contributed by atoms with E-state index < -0.39 is 0 Å². The first-order chi connectivity index (χ1) is 13.2. The van der Waals surface area contributed by atoms with Crippen LogP contribution in [0.25, 0.3) is 11.4 Å². The van der Waals surface area contributed by atoms with E-state index in [0.717, 1.165) is 41.9 Å². The van der Waals surface area contributed by atoms with Crippen LogP contribution in [0, 0.1) is 6.92 Å². The van der Waals surface area contributed by atoms with E-state index in [1.165, 1.54) is 16.8 Å². The highest BCUT2D eigenvalue weighted by Gasteiger charge is 2.14. The van der Waals surface area contributed by atoms with Crippen molar-refractivity contribution in [3.63, 3.8) is 0 Å². The zero-order chi connectivity index (χ0) is 19.2. The van der Waals surface area contributed by atoms with Gasteiger partial charge in [-0.05, 0) is 63.1 Å². The predicted octanol–water partition coefficient (Wildman–Crippen LogP) is 5.41. The number of anilines is 1. The molecule has 4 nitrogen and oxygen atoms in total. The van der Waals surface area contributed by atoms with Crippen LogP contribution >= 0.6 is 11.8 Å². The van der Waals surface area contributed by atoms with Gasteiger partial charge in [0.05, 0.1) is 0 Å². The van der Waals surface area contributed by atoms with Crippen molar-refractivity contribution in [2.45, 2.75) is 45.1 Å². The van der Waals surface area contributed by atoms with Gasteiger partial charge in [-0.25, -0.2) is 0 Å². The molecule has 0 atom stereocenters. The third kappa shape index (κ3) is 4.35. The average Bonchev–Trinajstić information content (AvgIpc) is 3.12. The fourth-order valence-corrected chi connectivity index (χ4v) is 4.30. The summed E-state index contributed by atoms with van der Waals surface area (Å²) in [5, 5.41) is 9.92. The Kier molecular flexibility index (Phi) is 6.56. The van der Waals surface area contributed by atoms with Crippen molar-refractivity contribution < 1.29 is 0 Å². The molecular formula is C22H28N4S. The molecule has 5 heteroatoms. The van der Waals surface area contributed by atoms with Gasteiger partial charge in [-0.2, -0.15) is 0 Å². The van der Waals surface area contributed by atoms with Crippen molar-refractivity contribution in [2.24, 2.45) is 0 Å². The predicted molar refractivity (Wildman–Crippen MR) is 115 cm³/mol. The van der Waals surface area contributed by atoms with E-state index >= 15 is 0 Å². The van der Waals surface area contributed by atoms with Crippen molar-refractivity contribution in [1.29, 1.82) is 0 Å². The number of nitrogens with zero attached hydrogens (tertiary/aromatic N) is 4. The molecular weight excluding hydrogens is 352 g/mol. The molecule has 0 saturated carbocycles. The molecule has 0 N–H and O–H groups in total. The summed E-state index contributed by atoms with van der Waals surface area (Å²) in [6.45, 7) is 11.6. The molecule has 0 unspecified atom stereocenters. The smallest absolute Gasteiger partial charge is 0.191 e. The zero-order valence-corrected chi connectivity index (χ0v) is 17.5. The van der Waals surface area contributed by atoms with Crippen molar-refractivity contribution >= 4 is 17.4 Å². The Labute approximate surface area is 166 Å². The van der Waals surface area contributed by atoms with Gasteiger partial charge in [0.15, 0.2) is 11.0 Å². The van der Waals surface area contributed by atoms with Crippen molar-refractivity contribution in [2.75, 3.05) is 18.0 Å². The highest BCUT2D eigenvalue weighted by Crippen LogP contribution is 2.28. The first-order valence-electron chi connectivity index (χ1n) is 9.63. The molecule has 0 spiro atoms. The number of aromatic nitrogens is 3. The van der Waals surface area contributed by atoms with Crippen LogP contribution in [0.5, 0.6) is 0 Å². The van der Waals surface area contributed by atoms with Crippen LogP contribution in [0.4, 0.5) is 5.69 Å². The van der Waals surface area contributed by atoms with E-state index in [4.69, 9.17) is 0 Å². The summed E-state index contributed by atoms with van der Waals surface area (Å²) in [6, 6.07) is 17.2. The second-order valence-electron chi connectivity index (χ2n) is 6.48. The van der Waals surface area contributed by atoms with E-state index in [1.807, 2.05) is 0 Å². The van der Waals surface area contributed by atoms with Crippen LogP contribution in [0.15, 0.2) is 53.7 Å². The van der Waals surface area contributed by atoms with E-state index in [-0.39, 0.29) is 0 Å². The quantitative estimate of drug-likeness (QED) is 0.489. The maximum Gasteiger partial charge on any atom is 0.191 e. The monoisotopic (exact) mass is 380 g/mol. The topological polar surface area (TPSA) is 34.0 Å². The van der Waals surface area contributed by atoms with Crippen LogP contribution in [0.3, 0.4) is 0 Å². The minimum atomic E-state index is 0.857. The van der Waals surface area contributed by atoms with Gasteiger partial charge in [-0.15, -0.1) is 10.2 Å². The molecule has 1 heterocycles. The fourth-order valence-electron chi connectivity index (χ4n) is 3.22.